The molecule has 1 aliphatic rings. The van der Waals surface area contributed by atoms with E-state index >= 15 is 0 Å². The maximum absolute atomic E-state index is 2.39. The van der Waals surface area contributed by atoms with Gasteiger partial charge in [-0.25, -0.2) is 0 Å². The monoisotopic (exact) mass is 224 g/mol. The van der Waals surface area contributed by atoms with E-state index in [1.165, 1.54) is 30.0 Å². The van der Waals surface area contributed by atoms with Crippen LogP contribution < -0.4 is 0 Å². The number of rotatable bonds is 0. The Kier molecular flexibility index (Phi) is 2.66. The van der Waals surface area contributed by atoms with Gasteiger partial charge >= 0.3 is 0 Å². The van der Waals surface area contributed by atoms with Crippen LogP contribution >= 0.6 is 0 Å². The van der Waals surface area contributed by atoms with Crippen LogP contribution in [0.4, 0.5) is 0 Å². The molecule has 0 spiro atoms. The smallest absolute Gasteiger partial charge is 0.0120 e. The third-order valence-corrected chi connectivity index (χ3v) is 4.02. The summed E-state index contributed by atoms with van der Waals surface area (Å²) in [5, 5.41) is 2.95. The van der Waals surface area contributed by atoms with Gasteiger partial charge in [0.1, 0.15) is 0 Å². The van der Waals surface area contributed by atoms with Gasteiger partial charge in [-0.15, -0.1) is 0 Å². The second-order valence-corrected chi connectivity index (χ2v) is 5.79. The van der Waals surface area contributed by atoms with Crippen molar-refractivity contribution in [1.82, 2.24) is 0 Å². The summed E-state index contributed by atoms with van der Waals surface area (Å²) < 4.78 is 0. The molecule has 0 nitrogen and oxygen atoms in total. The molecular weight excluding hydrogens is 204 g/mol. The van der Waals surface area contributed by atoms with Crippen molar-refractivity contribution in [3.05, 3.63) is 47.5 Å². The molecule has 0 N–H and O–H groups in total. The molecule has 2 aromatic carbocycles. The SMILES string of the molecule is C[C@@H]1Cc2cccc3cccc(c23)C[C@H](C)C1. The topological polar surface area (TPSA) is 0 Å². The fourth-order valence-corrected chi connectivity index (χ4v) is 3.45. The molecule has 2 aromatic rings. The van der Waals surface area contributed by atoms with Crippen molar-refractivity contribution in [1.29, 1.82) is 0 Å². The Labute approximate surface area is 104 Å². The van der Waals surface area contributed by atoms with Crippen LogP contribution in [0.3, 0.4) is 0 Å². The second kappa shape index (κ2) is 4.18. The molecule has 0 saturated carbocycles. The van der Waals surface area contributed by atoms with E-state index in [-0.39, 0.29) is 0 Å². The van der Waals surface area contributed by atoms with Crippen LogP contribution in [0.25, 0.3) is 10.8 Å². The van der Waals surface area contributed by atoms with Gasteiger partial charge in [0.25, 0.3) is 0 Å². The molecule has 3 rings (SSSR count). The van der Waals surface area contributed by atoms with Gasteiger partial charge in [0, 0.05) is 0 Å². The zero-order chi connectivity index (χ0) is 11.8. The second-order valence-electron chi connectivity index (χ2n) is 5.79. The van der Waals surface area contributed by atoms with Crippen molar-refractivity contribution in [2.24, 2.45) is 11.8 Å². The van der Waals surface area contributed by atoms with Crippen molar-refractivity contribution in [2.45, 2.75) is 33.1 Å². The Balaban J connectivity index is 2.25. The molecule has 88 valence electrons. The van der Waals surface area contributed by atoms with Crippen LogP contribution in [0, 0.1) is 11.8 Å². The first-order valence-corrected chi connectivity index (χ1v) is 6.73. The fourth-order valence-electron chi connectivity index (χ4n) is 3.45. The maximum atomic E-state index is 2.39. The van der Waals surface area contributed by atoms with Gasteiger partial charge in [-0.1, -0.05) is 50.2 Å². The molecule has 0 saturated heterocycles. The lowest BCUT2D eigenvalue weighted by Gasteiger charge is -2.23. The minimum absolute atomic E-state index is 0.809. The highest BCUT2D eigenvalue weighted by atomic mass is 14.2. The number of benzene rings is 2. The lowest BCUT2D eigenvalue weighted by atomic mass is 9.82. The number of hydrogen-bond acceptors (Lipinski definition) is 0. The first-order chi connectivity index (χ1) is 8.24. The molecule has 2 atom stereocenters. The van der Waals surface area contributed by atoms with Crippen molar-refractivity contribution >= 4 is 10.8 Å². The predicted molar refractivity (Wildman–Crippen MR) is 74.3 cm³/mol. The van der Waals surface area contributed by atoms with E-state index in [9.17, 15) is 0 Å². The van der Waals surface area contributed by atoms with Crippen LogP contribution in [-0.4, -0.2) is 0 Å². The van der Waals surface area contributed by atoms with Crippen molar-refractivity contribution in [3.63, 3.8) is 0 Å². The fraction of sp³-hybridized carbons (Fsp3) is 0.412. The van der Waals surface area contributed by atoms with Crippen LogP contribution in [-0.2, 0) is 12.8 Å². The number of hydrogen-bond donors (Lipinski definition) is 0. The van der Waals surface area contributed by atoms with Crippen LogP contribution in [0.1, 0.15) is 31.4 Å². The Morgan fingerprint density at radius 1 is 0.824 bits per heavy atom. The van der Waals surface area contributed by atoms with Crippen molar-refractivity contribution in [2.75, 3.05) is 0 Å². The maximum Gasteiger partial charge on any atom is -0.0120 e. The first-order valence-electron chi connectivity index (χ1n) is 6.73. The standard InChI is InChI=1S/C17H20/c1-12-9-13(2)11-16-8-4-6-14-5-3-7-15(10-12)17(14)16/h3-8,12-13H,9-11H2,1-2H3/t12-,13+. The van der Waals surface area contributed by atoms with Gasteiger partial charge in [-0.2, -0.15) is 0 Å². The summed E-state index contributed by atoms with van der Waals surface area (Å²) in [7, 11) is 0. The molecular formula is C17H20. The third kappa shape index (κ3) is 1.97. The van der Waals surface area contributed by atoms with Gasteiger partial charge in [-0.05, 0) is 53.0 Å². The van der Waals surface area contributed by atoms with Crippen LogP contribution in [0.5, 0.6) is 0 Å². The zero-order valence-corrected chi connectivity index (χ0v) is 10.7. The summed E-state index contributed by atoms with van der Waals surface area (Å²) in [5.74, 6) is 1.62. The summed E-state index contributed by atoms with van der Waals surface area (Å²) in [5.41, 5.74) is 3.11. The lowest BCUT2D eigenvalue weighted by Crippen LogP contribution is -2.12. The third-order valence-electron chi connectivity index (χ3n) is 4.02. The van der Waals surface area contributed by atoms with E-state index in [1.807, 2.05) is 0 Å². The molecule has 0 heteroatoms. The molecule has 0 fully saturated rings. The quantitative estimate of drug-likeness (QED) is 0.613. The first kappa shape index (κ1) is 10.8. The van der Waals surface area contributed by atoms with E-state index in [1.54, 1.807) is 11.1 Å². The largest absolute Gasteiger partial charge is 0.0622 e. The molecule has 0 aliphatic heterocycles. The van der Waals surface area contributed by atoms with E-state index in [4.69, 9.17) is 0 Å². The van der Waals surface area contributed by atoms with Crippen molar-refractivity contribution < 1.29 is 0 Å². The molecule has 0 aromatic heterocycles. The molecule has 17 heavy (non-hydrogen) atoms. The highest BCUT2D eigenvalue weighted by Crippen LogP contribution is 2.32. The average molecular weight is 224 g/mol. The Morgan fingerprint density at radius 2 is 1.35 bits per heavy atom. The van der Waals surface area contributed by atoms with Crippen molar-refractivity contribution in [3.8, 4) is 0 Å². The molecule has 0 bridgehead atoms. The molecule has 0 unspecified atom stereocenters. The highest BCUT2D eigenvalue weighted by Gasteiger charge is 2.17. The Hall–Kier alpha value is -1.30. The minimum Gasteiger partial charge on any atom is -0.0622 e. The Morgan fingerprint density at radius 3 is 1.88 bits per heavy atom. The molecule has 0 heterocycles. The predicted octanol–water partition coefficient (Wildman–Crippen LogP) is 4.60. The minimum atomic E-state index is 0.809. The summed E-state index contributed by atoms with van der Waals surface area (Å²) in [6, 6.07) is 13.5. The summed E-state index contributed by atoms with van der Waals surface area (Å²) >= 11 is 0. The van der Waals surface area contributed by atoms with E-state index in [2.05, 4.69) is 50.2 Å². The molecule has 0 amide bonds. The molecule has 1 aliphatic carbocycles. The van der Waals surface area contributed by atoms with E-state index in [0.29, 0.717) is 0 Å². The van der Waals surface area contributed by atoms with Gasteiger partial charge in [-0.3, -0.25) is 0 Å². The Bertz CT molecular complexity index is 494. The normalized spacial score (nSPS) is 24.4. The summed E-state index contributed by atoms with van der Waals surface area (Å²) in [4.78, 5) is 0. The van der Waals surface area contributed by atoms with Crippen LogP contribution in [0.15, 0.2) is 36.4 Å². The van der Waals surface area contributed by atoms with Gasteiger partial charge < -0.3 is 0 Å². The zero-order valence-electron chi connectivity index (χ0n) is 10.7. The van der Waals surface area contributed by atoms with Crippen LogP contribution in [0.2, 0.25) is 0 Å². The van der Waals surface area contributed by atoms with Gasteiger partial charge in [0.2, 0.25) is 0 Å². The highest BCUT2D eigenvalue weighted by molar-refractivity contribution is 5.89. The molecule has 0 radical (unpaired) electrons. The lowest BCUT2D eigenvalue weighted by molar-refractivity contribution is 0.408. The van der Waals surface area contributed by atoms with E-state index < -0.39 is 0 Å². The van der Waals surface area contributed by atoms with Gasteiger partial charge in [0.15, 0.2) is 0 Å². The summed E-state index contributed by atoms with van der Waals surface area (Å²) in [6.45, 7) is 4.78. The average Bonchev–Trinajstić information content (AvgIpc) is 2.27. The van der Waals surface area contributed by atoms with Gasteiger partial charge in [0.05, 0.1) is 0 Å². The summed E-state index contributed by atoms with van der Waals surface area (Å²) in [6.07, 6.45) is 3.82. The van der Waals surface area contributed by atoms with E-state index in [0.717, 1.165) is 11.8 Å².